The second kappa shape index (κ2) is 5.68. The Hall–Kier alpha value is -0.820. The quantitative estimate of drug-likeness (QED) is 0.823. The van der Waals surface area contributed by atoms with Crippen LogP contribution in [0.5, 0.6) is 0 Å². The molecular weight excluding hydrogens is 206 g/mol. The van der Waals surface area contributed by atoms with Crippen LogP contribution >= 0.6 is 0 Å². The molecule has 3 atom stereocenters. The van der Waals surface area contributed by atoms with Crippen molar-refractivity contribution in [2.45, 2.75) is 45.6 Å². The summed E-state index contributed by atoms with van der Waals surface area (Å²) in [5, 5.41) is 3.53. The Balaban J connectivity index is 2.11. The topological polar surface area (TPSA) is 12.0 Å². The molecule has 1 nitrogen and oxygen atoms in total. The second-order valence-corrected chi connectivity index (χ2v) is 5.53. The molecule has 0 radical (unpaired) electrons. The van der Waals surface area contributed by atoms with Gasteiger partial charge in [-0.1, -0.05) is 49.6 Å². The van der Waals surface area contributed by atoms with E-state index in [1.54, 1.807) is 0 Å². The van der Waals surface area contributed by atoms with Crippen molar-refractivity contribution in [1.29, 1.82) is 0 Å². The lowest BCUT2D eigenvalue weighted by molar-refractivity contribution is 0.372. The lowest BCUT2D eigenvalue weighted by Crippen LogP contribution is -2.23. The SMILES string of the molecule is CCC1CCC(C(NC)c2cccc(C)c2)C1. The average Bonchev–Trinajstić information content (AvgIpc) is 2.79. The summed E-state index contributed by atoms with van der Waals surface area (Å²) in [6.45, 7) is 4.51. The molecule has 1 fully saturated rings. The second-order valence-electron chi connectivity index (χ2n) is 5.53. The highest BCUT2D eigenvalue weighted by molar-refractivity contribution is 5.25. The summed E-state index contributed by atoms with van der Waals surface area (Å²) in [4.78, 5) is 0. The van der Waals surface area contributed by atoms with Crippen LogP contribution in [0.2, 0.25) is 0 Å². The number of aryl methyl sites for hydroxylation is 1. The van der Waals surface area contributed by atoms with Gasteiger partial charge in [0.1, 0.15) is 0 Å². The first-order valence-corrected chi connectivity index (χ1v) is 6.98. The maximum atomic E-state index is 3.53. The summed E-state index contributed by atoms with van der Waals surface area (Å²) in [6.07, 6.45) is 5.56. The summed E-state index contributed by atoms with van der Waals surface area (Å²) < 4.78 is 0. The van der Waals surface area contributed by atoms with Crippen LogP contribution in [0.3, 0.4) is 0 Å². The largest absolute Gasteiger partial charge is 0.313 e. The van der Waals surface area contributed by atoms with Crippen molar-refractivity contribution in [2.24, 2.45) is 11.8 Å². The van der Waals surface area contributed by atoms with E-state index in [0.29, 0.717) is 6.04 Å². The normalized spacial score (nSPS) is 26.1. The van der Waals surface area contributed by atoms with E-state index in [1.807, 2.05) is 0 Å². The summed E-state index contributed by atoms with van der Waals surface area (Å²) in [7, 11) is 2.10. The minimum atomic E-state index is 0.548. The fourth-order valence-corrected chi connectivity index (χ4v) is 3.33. The van der Waals surface area contributed by atoms with Gasteiger partial charge >= 0.3 is 0 Å². The molecule has 0 bridgehead atoms. The molecule has 0 spiro atoms. The minimum Gasteiger partial charge on any atom is -0.313 e. The highest BCUT2D eigenvalue weighted by atomic mass is 14.9. The number of benzene rings is 1. The molecule has 1 N–H and O–H groups in total. The Morgan fingerprint density at radius 2 is 2.18 bits per heavy atom. The van der Waals surface area contributed by atoms with Gasteiger partial charge in [-0.2, -0.15) is 0 Å². The molecule has 1 saturated carbocycles. The molecule has 1 aliphatic carbocycles. The van der Waals surface area contributed by atoms with E-state index in [4.69, 9.17) is 0 Å². The molecule has 0 aromatic heterocycles. The molecule has 1 aliphatic rings. The molecule has 17 heavy (non-hydrogen) atoms. The van der Waals surface area contributed by atoms with Crippen molar-refractivity contribution >= 4 is 0 Å². The van der Waals surface area contributed by atoms with Crippen molar-refractivity contribution in [3.63, 3.8) is 0 Å². The third-order valence-corrected chi connectivity index (χ3v) is 4.34. The highest BCUT2D eigenvalue weighted by Gasteiger charge is 2.29. The van der Waals surface area contributed by atoms with Gasteiger partial charge in [-0.05, 0) is 44.2 Å². The van der Waals surface area contributed by atoms with Gasteiger partial charge in [0.05, 0.1) is 0 Å². The summed E-state index contributed by atoms with van der Waals surface area (Å²) >= 11 is 0. The van der Waals surface area contributed by atoms with Gasteiger partial charge in [0, 0.05) is 6.04 Å². The Morgan fingerprint density at radius 1 is 1.35 bits per heavy atom. The number of hydrogen-bond acceptors (Lipinski definition) is 1. The van der Waals surface area contributed by atoms with Crippen LogP contribution in [0.15, 0.2) is 24.3 Å². The van der Waals surface area contributed by atoms with Gasteiger partial charge in [-0.25, -0.2) is 0 Å². The number of nitrogens with one attached hydrogen (secondary N) is 1. The molecule has 3 unspecified atom stereocenters. The van der Waals surface area contributed by atoms with Gasteiger partial charge in [0.2, 0.25) is 0 Å². The lowest BCUT2D eigenvalue weighted by Gasteiger charge is -2.24. The van der Waals surface area contributed by atoms with E-state index < -0.39 is 0 Å². The zero-order chi connectivity index (χ0) is 12.3. The summed E-state index contributed by atoms with van der Waals surface area (Å²) in [5.41, 5.74) is 2.84. The number of hydrogen-bond donors (Lipinski definition) is 1. The maximum Gasteiger partial charge on any atom is 0.0346 e. The highest BCUT2D eigenvalue weighted by Crippen LogP contribution is 2.40. The fourth-order valence-electron chi connectivity index (χ4n) is 3.33. The third-order valence-electron chi connectivity index (χ3n) is 4.34. The third kappa shape index (κ3) is 2.90. The molecule has 94 valence electrons. The molecule has 0 aliphatic heterocycles. The fraction of sp³-hybridized carbons (Fsp3) is 0.625. The van der Waals surface area contributed by atoms with Crippen molar-refractivity contribution < 1.29 is 0 Å². The number of rotatable bonds is 4. The molecule has 0 saturated heterocycles. The molecular formula is C16H25N. The smallest absolute Gasteiger partial charge is 0.0346 e. The first-order chi connectivity index (χ1) is 8.24. The van der Waals surface area contributed by atoms with E-state index in [-0.39, 0.29) is 0 Å². The first-order valence-electron chi connectivity index (χ1n) is 6.98. The van der Waals surface area contributed by atoms with Crippen molar-refractivity contribution in [3.05, 3.63) is 35.4 Å². The van der Waals surface area contributed by atoms with Gasteiger partial charge in [0.25, 0.3) is 0 Å². The summed E-state index contributed by atoms with van der Waals surface area (Å²) in [5.74, 6) is 1.78. The predicted molar refractivity (Wildman–Crippen MR) is 74.1 cm³/mol. The first kappa shape index (κ1) is 12.6. The van der Waals surface area contributed by atoms with Gasteiger partial charge in [0.15, 0.2) is 0 Å². The van der Waals surface area contributed by atoms with Crippen molar-refractivity contribution in [2.75, 3.05) is 7.05 Å². The molecule has 1 heteroatoms. The van der Waals surface area contributed by atoms with Crippen LogP contribution in [-0.4, -0.2) is 7.05 Å². The van der Waals surface area contributed by atoms with Gasteiger partial charge in [-0.3, -0.25) is 0 Å². The monoisotopic (exact) mass is 231 g/mol. The van der Waals surface area contributed by atoms with E-state index in [2.05, 4.69) is 50.5 Å². The molecule has 1 aromatic rings. The Bertz CT molecular complexity index is 358. The molecule has 0 amide bonds. The maximum absolute atomic E-state index is 3.53. The van der Waals surface area contributed by atoms with E-state index in [0.717, 1.165) is 11.8 Å². The van der Waals surface area contributed by atoms with Crippen LogP contribution in [0.25, 0.3) is 0 Å². The summed E-state index contributed by atoms with van der Waals surface area (Å²) in [6, 6.07) is 9.51. The van der Waals surface area contributed by atoms with Gasteiger partial charge < -0.3 is 5.32 Å². The average molecular weight is 231 g/mol. The van der Waals surface area contributed by atoms with Crippen LogP contribution in [0.1, 0.15) is 49.8 Å². The molecule has 1 aromatic carbocycles. The van der Waals surface area contributed by atoms with E-state index in [9.17, 15) is 0 Å². The van der Waals surface area contributed by atoms with E-state index >= 15 is 0 Å². The van der Waals surface area contributed by atoms with Crippen molar-refractivity contribution in [3.8, 4) is 0 Å². The van der Waals surface area contributed by atoms with Crippen LogP contribution in [0, 0.1) is 18.8 Å². The van der Waals surface area contributed by atoms with Crippen LogP contribution in [-0.2, 0) is 0 Å². The zero-order valence-corrected chi connectivity index (χ0v) is 11.4. The predicted octanol–water partition coefficient (Wildman–Crippen LogP) is 4.08. The Labute approximate surface area is 106 Å². The zero-order valence-electron chi connectivity index (χ0n) is 11.4. The molecule has 2 rings (SSSR count). The Morgan fingerprint density at radius 3 is 2.76 bits per heavy atom. The Kier molecular flexibility index (Phi) is 4.22. The molecule has 0 heterocycles. The minimum absolute atomic E-state index is 0.548. The van der Waals surface area contributed by atoms with Crippen molar-refractivity contribution in [1.82, 2.24) is 5.32 Å². The van der Waals surface area contributed by atoms with Crippen LogP contribution in [0.4, 0.5) is 0 Å². The van der Waals surface area contributed by atoms with E-state index in [1.165, 1.54) is 36.8 Å². The van der Waals surface area contributed by atoms with Crippen LogP contribution < -0.4 is 5.32 Å². The van der Waals surface area contributed by atoms with Gasteiger partial charge in [-0.15, -0.1) is 0 Å². The standard InChI is InChI=1S/C16H25N/c1-4-13-8-9-15(11-13)16(17-3)14-7-5-6-12(2)10-14/h5-7,10,13,15-17H,4,8-9,11H2,1-3H3. The lowest BCUT2D eigenvalue weighted by atomic mass is 9.90.